The molecule has 2 heterocycles. The Morgan fingerprint density at radius 3 is 2.55 bits per heavy atom. The number of carbonyl (C=O) groups is 3. The summed E-state index contributed by atoms with van der Waals surface area (Å²) in [6, 6.07) is 10.7. The molecule has 2 N–H and O–H groups in total. The standard InChI is InChI=1S/C33H43N3O5S/c1-8-40-30(38)21-11-9-10-20(16-21)26(14-15-34-31(39)41-33(5,6)7)35-28(37)27-19-23-17-22-18-24(32(2,3)4)12-13-25(22)36-29(23)42-27/h9-11,16-17,19,24,26H,8,12-15,18H2,1-7H3,(H,34,39)(H,35,37)/t24?,26-/m1/s1. The second kappa shape index (κ2) is 12.8. The van der Waals surface area contributed by atoms with Crippen molar-refractivity contribution in [2.45, 2.75) is 85.8 Å². The summed E-state index contributed by atoms with van der Waals surface area (Å²) in [6.45, 7) is 14.6. The van der Waals surface area contributed by atoms with Crippen molar-refractivity contribution in [2.75, 3.05) is 13.2 Å². The van der Waals surface area contributed by atoms with E-state index in [1.54, 1.807) is 45.9 Å². The quantitative estimate of drug-likeness (QED) is 0.272. The highest BCUT2D eigenvalue weighted by atomic mass is 32.1. The Morgan fingerprint density at radius 1 is 1.10 bits per heavy atom. The molecule has 0 aliphatic heterocycles. The van der Waals surface area contributed by atoms with Crippen LogP contribution in [0.25, 0.3) is 10.2 Å². The monoisotopic (exact) mass is 593 g/mol. The van der Waals surface area contributed by atoms with E-state index in [4.69, 9.17) is 14.5 Å². The summed E-state index contributed by atoms with van der Waals surface area (Å²) in [7, 11) is 0. The number of fused-ring (bicyclic) bond motifs is 2. The minimum Gasteiger partial charge on any atom is -0.462 e. The van der Waals surface area contributed by atoms with Gasteiger partial charge in [0.1, 0.15) is 10.4 Å². The van der Waals surface area contributed by atoms with E-state index in [-0.39, 0.29) is 24.5 Å². The highest BCUT2D eigenvalue weighted by molar-refractivity contribution is 7.20. The fourth-order valence-electron chi connectivity index (χ4n) is 5.26. The van der Waals surface area contributed by atoms with Gasteiger partial charge in [-0.1, -0.05) is 32.9 Å². The van der Waals surface area contributed by atoms with Gasteiger partial charge in [-0.3, -0.25) is 4.79 Å². The number of aryl methyl sites for hydroxylation is 1. The molecule has 2 atom stereocenters. The van der Waals surface area contributed by atoms with Gasteiger partial charge in [0.2, 0.25) is 0 Å². The van der Waals surface area contributed by atoms with E-state index in [9.17, 15) is 14.4 Å². The van der Waals surface area contributed by atoms with Crippen molar-refractivity contribution in [3.05, 3.63) is 63.7 Å². The molecule has 0 saturated carbocycles. The van der Waals surface area contributed by atoms with Crippen LogP contribution in [0.4, 0.5) is 4.79 Å². The van der Waals surface area contributed by atoms with Gasteiger partial charge in [0.05, 0.1) is 23.1 Å². The summed E-state index contributed by atoms with van der Waals surface area (Å²) in [5.74, 6) is -0.0528. The predicted octanol–water partition coefficient (Wildman–Crippen LogP) is 7.01. The second-order valence-electron chi connectivity index (χ2n) is 13.0. The van der Waals surface area contributed by atoms with Crippen molar-refractivity contribution in [3.8, 4) is 0 Å². The molecule has 1 aromatic carbocycles. The summed E-state index contributed by atoms with van der Waals surface area (Å²) in [6.07, 6.45) is 2.94. The maximum atomic E-state index is 13.6. The number of aromatic nitrogens is 1. The largest absolute Gasteiger partial charge is 0.462 e. The van der Waals surface area contributed by atoms with E-state index < -0.39 is 23.7 Å². The summed E-state index contributed by atoms with van der Waals surface area (Å²) in [4.78, 5) is 44.6. The van der Waals surface area contributed by atoms with Crippen molar-refractivity contribution >= 4 is 39.5 Å². The van der Waals surface area contributed by atoms with Gasteiger partial charge in [0.25, 0.3) is 5.91 Å². The number of amides is 2. The SMILES string of the molecule is CCOC(=O)c1cccc([C@@H](CCNC(=O)OC(C)(C)C)NC(=O)c2cc3cc4c(nc3s2)CCC(C(C)(C)C)C4)c1. The zero-order valence-corrected chi connectivity index (χ0v) is 26.6. The molecule has 226 valence electrons. The smallest absolute Gasteiger partial charge is 0.407 e. The number of carbonyl (C=O) groups excluding carboxylic acids is 3. The first kappa shape index (κ1) is 31.5. The van der Waals surface area contributed by atoms with Crippen LogP contribution >= 0.6 is 11.3 Å². The van der Waals surface area contributed by atoms with Gasteiger partial charge in [-0.15, -0.1) is 11.3 Å². The van der Waals surface area contributed by atoms with Crippen molar-refractivity contribution in [3.63, 3.8) is 0 Å². The van der Waals surface area contributed by atoms with Crippen LogP contribution in [0.15, 0.2) is 36.4 Å². The number of hydrogen-bond donors (Lipinski definition) is 2. The molecular formula is C33H43N3O5S. The number of alkyl carbamates (subject to hydrolysis) is 1. The maximum Gasteiger partial charge on any atom is 0.407 e. The lowest BCUT2D eigenvalue weighted by molar-refractivity contribution is 0.0516. The summed E-state index contributed by atoms with van der Waals surface area (Å²) in [5.41, 5.74) is 3.18. The summed E-state index contributed by atoms with van der Waals surface area (Å²) >= 11 is 1.38. The first-order chi connectivity index (χ1) is 19.7. The number of esters is 1. The fraction of sp³-hybridized carbons (Fsp3) is 0.515. The average molecular weight is 594 g/mol. The molecule has 1 aliphatic rings. The molecule has 0 fully saturated rings. The third kappa shape index (κ3) is 8.09. The Hall–Kier alpha value is -3.46. The average Bonchev–Trinajstić information content (AvgIpc) is 3.32. The van der Waals surface area contributed by atoms with Gasteiger partial charge in [0.15, 0.2) is 0 Å². The Bertz CT molecular complexity index is 1450. The molecule has 2 aromatic heterocycles. The Balaban J connectivity index is 1.54. The number of nitrogens with one attached hydrogen (secondary N) is 2. The summed E-state index contributed by atoms with van der Waals surface area (Å²) < 4.78 is 10.5. The Morgan fingerprint density at radius 2 is 1.86 bits per heavy atom. The molecule has 9 heteroatoms. The number of ether oxygens (including phenoxy) is 2. The van der Waals surface area contributed by atoms with E-state index in [2.05, 4.69) is 37.5 Å². The van der Waals surface area contributed by atoms with Crippen LogP contribution in [0.5, 0.6) is 0 Å². The molecule has 42 heavy (non-hydrogen) atoms. The molecule has 0 bridgehead atoms. The number of nitrogens with zero attached hydrogens (tertiary/aromatic N) is 1. The normalized spacial score (nSPS) is 15.9. The molecule has 2 amide bonds. The minimum atomic E-state index is -0.617. The molecule has 0 radical (unpaired) electrons. The highest BCUT2D eigenvalue weighted by Crippen LogP contribution is 2.38. The van der Waals surface area contributed by atoms with Gasteiger partial charge in [-0.2, -0.15) is 0 Å². The van der Waals surface area contributed by atoms with Gasteiger partial charge < -0.3 is 20.1 Å². The minimum absolute atomic E-state index is 0.229. The van der Waals surface area contributed by atoms with Crippen molar-refractivity contribution in [1.82, 2.24) is 15.6 Å². The highest BCUT2D eigenvalue weighted by Gasteiger charge is 2.30. The molecule has 8 nitrogen and oxygen atoms in total. The van der Waals surface area contributed by atoms with Crippen molar-refractivity contribution in [2.24, 2.45) is 11.3 Å². The van der Waals surface area contributed by atoms with E-state index in [0.29, 0.717) is 22.8 Å². The number of hydrogen-bond acceptors (Lipinski definition) is 7. The number of rotatable bonds is 8. The third-order valence-electron chi connectivity index (χ3n) is 7.53. The Kier molecular flexibility index (Phi) is 9.60. The van der Waals surface area contributed by atoms with Crippen molar-refractivity contribution < 1.29 is 23.9 Å². The van der Waals surface area contributed by atoms with E-state index in [1.807, 2.05) is 12.1 Å². The first-order valence-electron chi connectivity index (χ1n) is 14.7. The molecular weight excluding hydrogens is 550 g/mol. The number of thiophene rings is 1. The lowest BCUT2D eigenvalue weighted by Gasteiger charge is -2.34. The lowest BCUT2D eigenvalue weighted by Crippen LogP contribution is -2.35. The second-order valence-corrected chi connectivity index (χ2v) is 14.0. The summed E-state index contributed by atoms with van der Waals surface area (Å²) in [5, 5.41) is 6.87. The first-order valence-corrected chi connectivity index (χ1v) is 15.5. The van der Waals surface area contributed by atoms with Crippen LogP contribution in [0.2, 0.25) is 0 Å². The van der Waals surface area contributed by atoms with Gasteiger partial charge >= 0.3 is 12.1 Å². The van der Waals surface area contributed by atoms with Gasteiger partial charge in [0, 0.05) is 17.6 Å². The topological polar surface area (TPSA) is 107 Å². The molecule has 0 spiro atoms. The molecule has 0 saturated heterocycles. The van der Waals surface area contributed by atoms with Crippen LogP contribution in [0.1, 0.15) is 104 Å². The maximum absolute atomic E-state index is 13.6. The number of pyridine rings is 1. The van der Waals surface area contributed by atoms with Crippen LogP contribution in [-0.4, -0.2) is 41.7 Å². The van der Waals surface area contributed by atoms with E-state index >= 15 is 0 Å². The lowest BCUT2D eigenvalue weighted by atomic mass is 9.71. The van der Waals surface area contributed by atoms with Crippen molar-refractivity contribution in [1.29, 1.82) is 0 Å². The Labute approximate surface area is 252 Å². The zero-order valence-electron chi connectivity index (χ0n) is 25.8. The van der Waals surface area contributed by atoms with E-state index in [1.165, 1.54) is 16.9 Å². The third-order valence-corrected chi connectivity index (χ3v) is 8.57. The molecule has 3 aromatic rings. The van der Waals surface area contributed by atoms with Gasteiger partial charge in [-0.05, 0) is 100 Å². The van der Waals surface area contributed by atoms with Crippen LogP contribution in [-0.2, 0) is 22.3 Å². The van der Waals surface area contributed by atoms with Gasteiger partial charge in [-0.25, -0.2) is 14.6 Å². The zero-order chi connectivity index (χ0) is 30.7. The molecule has 4 rings (SSSR count). The van der Waals surface area contributed by atoms with Crippen LogP contribution in [0, 0.1) is 11.3 Å². The molecule has 1 unspecified atom stereocenters. The predicted molar refractivity (Wildman–Crippen MR) is 166 cm³/mol. The van der Waals surface area contributed by atoms with Crippen LogP contribution < -0.4 is 10.6 Å². The molecule has 1 aliphatic carbocycles. The fourth-order valence-corrected chi connectivity index (χ4v) is 6.19. The van der Waals surface area contributed by atoms with Crippen LogP contribution in [0.3, 0.4) is 0 Å². The number of benzene rings is 1. The van der Waals surface area contributed by atoms with E-state index in [0.717, 1.165) is 40.7 Å².